The molecule has 1 heterocycles. The van der Waals surface area contributed by atoms with E-state index >= 15 is 0 Å². The molecule has 0 saturated carbocycles. The van der Waals surface area contributed by atoms with Gasteiger partial charge in [0, 0.05) is 16.8 Å². The molecule has 2 N–H and O–H groups in total. The second-order valence-electron chi connectivity index (χ2n) is 6.08. The Morgan fingerprint density at radius 2 is 2.11 bits per heavy atom. The van der Waals surface area contributed by atoms with E-state index in [9.17, 15) is 9.90 Å². The Morgan fingerprint density at radius 3 is 2.58 bits per heavy atom. The van der Waals surface area contributed by atoms with Gasteiger partial charge in [0.05, 0.1) is 6.61 Å². The molecule has 4 nitrogen and oxygen atoms in total. The van der Waals surface area contributed by atoms with E-state index in [2.05, 4.69) is 5.32 Å². The number of amides is 1. The van der Waals surface area contributed by atoms with Crippen LogP contribution in [0.4, 0.5) is 4.79 Å². The van der Waals surface area contributed by atoms with Crippen LogP contribution in [0.5, 0.6) is 0 Å². The molecule has 0 bridgehead atoms. The van der Waals surface area contributed by atoms with Gasteiger partial charge in [0.1, 0.15) is 5.60 Å². The molecule has 1 atom stereocenters. The lowest BCUT2D eigenvalue weighted by atomic mass is 9.87. The molecule has 0 aliphatic rings. The molecule has 0 saturated heterocycles. The van der Waals surface area contributed by atoms with Gasteiger partial charge in [-0.15, -0.1) is 11.3 Å². The van der Waals surface area contributed by atoms with Crippen molar-refractivity contribution in [2.45, 2.75) is 39.7 Å². The average molecular weight is 285 g/mol. The second-order valence-corrected chi connectivity index (χ2v) is 7.11. The van der Waals surface area contributed by atoms with Crippen molar-refractivity contribution in [3.8, 4) is 0 Å². The molecule has 1 unspecified atom stereocenters. The van der Waals surface area contributed by atoms with E-state index in [1.165, 1.54) is 4.88 Å². The first-order valence-electron chi connectivity index (χ1n) is 6.34. The van der Waals surface area contributed by atoms with E-state index in [1.807, 2.05) is 45.2 Å². The molecule has 0 spiro atoms. The molecule has 0 aliphatic heterocycles. The maximum atomic E-state index is 11.6. The van der Waals surface area contributed by atoms with Gasteiger partial charge in [-0.05, 0) is 38.6 Å². The number of rotatable bonds is 5. The molecule has 0 aromatic carbocycles. The summed E-state index contributed by atoms with van der Waals surface area (Å²) >= 11 is 1.65. The first-order valence-corrected chi connectivity index (χ1v) is 7.22. The van der Waals surface area contributed by atoms with E-state index in [0.717, 1.165) is 6.42 Å². The highest BCUT2D eigenvalue weighted by Crippen LogP contribution is 2.24. The second kappa shape index (κ2) is 6.39. The van der Waals surface area contributed by atoms with Gasteiger partial charge in [-0.2, -0.15) is 0 Å². The van der Waals surface area contributed by atoms with Crippen LogP contribution >= 0.6 is 11.3 Å². The third kappa shape index (κ3) is 6.07. The lowest BCUT2D eigenvalue weighted by molar-refractivity contribution is 0.0479. The minimum absolute atomic E-state index is 0.0146. The minimum Gasteiger partial charge on any atom is -0.444 e. The van der Waals surface area contributed by atoms with E-state index < -0.39 is 11.7 Å². The fourth-order valence-corrected chi connectivity index (χ4v) is 2.53. The molecule has 1 aromatic heterocycles. The molecule has 19 heavy (non-hydrogen) atoms. The maximum Gasteiger partial charge on any atom is 0.407 e. The Bertz CT molecular complexity index is 397. The van der Waals surface area contributed by atoms with Crippen LogP contribution in [-0.4, -0.2) is 30.0 Å². The highest BCUT2D eigenvalue weighted by atomic mass is 32.1. The first kappa shape index (κ1) is 16.0. The fourth-order valence-electron chi connectivity index (χ4n) is 1.61. The Kier molecular flexibility index (Phi) is 5.38. The summed E-state index contributed by atoms with van der Waals surface area (Å²) in [5.41, 5.74) is -0.880. The number of alkyl carbamates (subject to hydrolysis) is 1. The molecule has 1 rings (SSSR count). The van der Waals surface area contributed by atoms with Gasteiger partial charge < -0.3 is 15.2 Å². The van der Waals surface area contributed by atoms with Crippen molar-refractivity contribution in [2.24, 2.45) is 5.41 Å². The topological polar surface area (TPSA) is 58.6 Å². The van der Waals surface area contributed by atoms with E-state index in [4.69, 9.17) is 4.74 Å². The van der Waals surface area contributed by atoms with Gasteiger partial charge in [-0.25, -0.2) is 4.79 Å². The van der Waals surface area contributed by atoms with Crippen LogP contribution < -0.4 is 5.32 Å². The highest BCUT2D eigenvalue weighted by molar-refractivity contribution is 7.09. The molecule has 5 heteroatoms. The van der Waals surface area contributed by atoms with Crippen LogP contribution in [0.15, 0.2) is 17.5 Å². The van der Waals surface area contributed by atoms with Gasteiger partial charge in [0.2, 0.25) is 0 Å². The maximum absolute atomic E-state index is 11.6. The third-order valence-electron chi connectivity index (χ3n) is 2.62. The number of nitrogens with one attached hydrogen (secondary N) is 1. The van der Waals surface area contributed by atoms with Crippen molar-refractivity contribution < 1.29 is 14.6 Å². The normalized spacial score (nSPS) is 14.8. The van der Waals surface area contributed by atoms with Crippen molar-refractivity contribution in [3.63, 3.8) is 0 Å². The van der Waals surface area contributed by atoms with Crippen molar-refractivity contribution in [1.82, 2.24) is 5.32 Å². The summed E-state index contributed by atoms with van der Waals surface area (Å²) in [7, 11) is 0. The van der Waals surface area contributed by atoms with Gasteiger partial charge in [0.25, 0.3) is 0 Å². The van der Waals surface area contributed by atoms with E-state index in [-0.39, 0.29) is 12.0 Å². The smallest absolute Gasteiger partial charge is 0.407 e. The number of aliphatic hydroxyl groups is 1. The third-order valence-corrected chi connectivity index (χ3v) is 3.50. The standard InChI is InChI=1S/C14H23NO3S/c1-13(2,3)18-12(17)15-9-14(4,10-16)8-11-6-5-7-19-11/h5-7,16H,8-10H2,1-4H3,(H,15,17). The summed E-state index contributed by atoms with van der Waals surface area (Å²) in [5.74, 6) is 0. The van der Waals surface area contributed by atoms with Crippen LogP contribution in [0, 0.1) is 5.41 Å². The molecule has 108 valence electrons. The molecule has 0 fully saturated rings. The summed E-state index contributed by atoms with van der Waals surface area (Å²) in [6, 6.07) is 4.02. The van der Waals surface area contributed by atoms with Gasteiger partial charge in [0.15, 0.2) is 0 Å². The summed E-state index contributed by atoms with van der Waals surface area (Å²) in [6.45, 7) is 7.82. The minimum atomic E-state index is -0.506. The Hall–Kier alpha value is -1.07. The van der Waals surface area contributed by atoms with E-state index in [1.54, 1.807) is 11.3 Å². The largest absolute Gasteiger partial charge is 0.444 e. The van der Waals surface area contributed by atoms with Crippen LogP contribution in [-0.2, 0) is 11.2 Å². The van der Waals surface area contributed by atoms with Crippen molar-refractivity contribution in [1.29, 1.82) is 0 Å². The van der Waals surface area contributed by atoms with E-state index in [0.29, 0.717) is 6.54 Å². The average Bonchev–Trinajstić information content (AvgIpc) is 2.77. The van der Waals surface area contributed by atoms with Crippen LogP contribution in [0.3, 0.4) is 0 Å². The predicted molar refractivity (Wildman–Crippen MR) is 77.5 cm³/mol. The van der Waals surface area contributed by atoms with Crippen LogP contribution in [0.2, 0.25) is 0 Å². The zero-order chi connectivity index (χ0) is 14.5. The fraction of sp³-hybridized carbons (Fsp3) is 0.643. The Balaban J connectivity index is 2.50. The molecular weight excluding hydrogens is 262 g/mol. The van der Waals surface area contributed by atoms with Gasteiger partial charge >= 0.3 is 6.09 Å². The number of aliphatic hydroxyl groups excluding tert-OH is 1. The molecule has 0 radical (unpaired) electrons. The number of carbonyl (C=O) groups is 1. The number of carbonyl (C=O) groups excluding carboxylic acids is 1. The Labute approximate surface area is 118 Å². The van der Waals surface area contributed by atoms with Crippen LogP contribution in [0.25, 0.3) is 0 Å². The summed E-state index contributed by atoms with van der Waals surface area (Å²) < 4.78 is 5.18. The zero-order valence-corrected chi connectivity index (χ0v) is 12.8. The molecule has 0 aliphatic carbocycles. The SMILES string of the molecule is CC(CO)(CNC(=O)OC(C)(C)C)Cc1cccs1. The highest BCUT2D eigenvalue weighted by Gasteiger charge is 2.26. The predicted octanol–water partition coefficient (Wildman–Crippen LogP) is 2.81. The number of hydrogen-bond acceptors (Lipinski definition) is 4. The summed E-state index contributed by atoms with van der Waals surface area (Å²) in [6.07, 6.45) is 0.287. The summed E-state index contributed by atoms with van der Waals surface area (Å²) in [4.78, 5) is 12.8. The molecular formula is C14H23NO3S. The lowest BCUT2D eigenvalue weighted by Crippen LogP contribution is -2.41. The lowest BCUT2D eigenvalue weighted by Gasteiger charge is -2.28. The first-order chi connectivity index (χ1) is 8.74. The van der Waals surface area contributed by atoms with Crippen molar-refractivity contribution in [3.05, 3.63) is 22.4 Å². The zero-order valence-electron chi connectivity index (χ0n) is 12.0. The van der Waals surface area contributed by atoms with Crippen LogP contribution in [0.1, 0.15) is 32.6 Å². The number of hydrogen-bond donors (Lipinski definition) is 2. The quantitative estimate of drug-likeness (QED) is 0.874. The van der Waals surface area contributed by atoms with Gasteiger partial charge in [-0.3, -0.25) is 0 Å². The van der Waals surface area contributed by atoms with Crippen molar-refractivity contribution in [2.75, 3.05) is 13.2 Å². The molecule has 1 amide bonds. The van der Waals surface area contributed by atoms with Gasteiger partial charge in [-0.1, -0.05) is 13.0 Å². The summed E-state index contributed by atoms with van der Waals surface area (Å²) in [5, 5.41) is 14.3. The monoisotopic (exact) mass is 285 g/mol. The number of thiophene rings is 1. The van der Waals surface area contributed by atoms with Crippen molar-refractivity contribution >= 4 is 17.4 Å². The number of ether oxygens (including phenoxy) is 1. The molecule has 1 aromatic rings. The Morgan fingerprint density at radius 1 is 1.42 bits per heavy atom.